The summed E-state index contributed by atoms with van der Waals surface area (Å²) in [5.74, 6) is 0. The Morgan fingerprint density at radius 1 is 1.50 bits per heavy atom. The van der Waals surface area contributed by atoms with Crippen LogP contribution in [0.2, 0.25) is 0 Å². The van der Waals surface area contributed by atoms with E-state index in [4.69, 9.17) is 10.5 Å². The summed E-state index contributed by atoms with van der Waals surface area (Å²) in [6.07, 6.45) is 1.50. The summed E-state index contributed by atoms with van der Waals surface area (Å²) in [6.45, 7) is 6.74. The molecule has 2 N–H and O–H groups in total. The van der Waals surface area contributed by atoms with Crippen LogP contribution in [-0.2, 0) is 28.4 Å². The van der Waals surface area contributed by atoms with Gasteiger partial charge in [-0.1, -0.05) is 0 Å². The van der Waals surface area contributed by atoms with Gasteiger partial charge in [-0.15, -0.1) is 0 Å². The largest absolute Gasteiger partial charge is 0.370 e. The van der Waals surface area contributed by atoms with Gasteiger partial charge in [-0.2, -0.15) is 4.31 Å². The molecular weight excluding hydrogens is 278 g/mol. The van der Waals surface area contributed by atoms with Crippen LogP contribution in [0.5, 0.6) is 0 Å². The van der Waals surface area contributed by atoms with Crippen molar-refractivity contribution < 1.29 is 13.2 Å². The zero-order valence-corrected chi connectivity index (χ0v) is 13.3. The molecule has 0 spiro atoms. The molecule has 7 heteroatoms. The Bertz CT molecular complexity index is 592. The smallest absolute Gasteiger partial charge is 0.244 e. The van der Waals surface area contributed by atoms with Crippen molar-refractivity contribution in [1.82, 2.24) is 8.87 Å². The second kappa shape index (κ2) is 5.14. The predicted octanol–water partition coefficient (Wildman–Crippen LogP) is 0.672. The molecule has 1 aliphatic rings. The minimum Gasteiger partial charge on any atom is -0.370 e. The van der Waals surface area contributed by atoms with E-state index >= 15 is 0 Å². The van der Waals surface area contributed by atoms with Crippen molar-refractivity contribution in [2.45, 2.75) is 43.9 Å². The second-order valence-corrected chi connectivity index (χ2v) is 7.91. The number of aryl methyl sites for hydroxylation is 1. The Labute approximate surface area is 120 Å². The molecule has 0 radical (unpaired) electrons. The van der Waals surface area contributed by atoms with Crippen LogP contribution in [0.1, 0.15) is 26.5 Å². The molecule has 1 saturated heterocycles. The number of hydrogen-bond donors (Lipinski definition) is 1. The van der Waals surface area contributed by atoms with Gasteiger partial charge in [-0.25, -0.2) is 8.42 Å². The highest BCUT2D eigenvalue weighted by Gasteiger charge is 2.38. The van der Waals surface area contributed by atoms with E-state index in [0.29, 0.717) is 24.5 Å². The molecule has 1 fully saturated rings. The number of nitrogens with two attached hydrogens (primary N) is 1. The first-order valence-electron chi connectivity index (χ1n) is 6.69. The average molecular weight is 301 g/mol. The molecule has 6 nitrogen and oxygen atoms in total. The zero-order chi connectivity index (χ0) is 15.1. The predicted molar refractivity (Wildman–Crippen MR) is 76.7 cm³/mol. The topological polar surface area (TPSA) is 77.6 Å². The van der Waals surface area contributed by atoms with Gasteiger partial charge in [-0.3, -0.25) is 0 Å². The number of rotatable bonds is 3. The molecule has 114 valence electrons. The fraction of sp³-hybridized carbons (Fsp3) is 0.692. The maximum Gasteiger partial charge on any atom is 0.244 e. The SMILES string of the molecule is CC1CN(S(=O)(=O)c2cc(CN)n(C)c2)CC(C)(C)O1. The third-order valence-electron chi connectivity index (χ3n) is 3.47. The number of sulfonamides is 1. The monoisotopic (exact) mass is 301 g/mol. The number of aromatic nitrogens is 1. The number of hydrogen-bond acceptors (Lipinski definition) is 4. The number of ether oxygens (including phenoxy) is 1. The van der Waals surface area contributed by atoms with E-state index in [-0.39, 0.29) is 6.10 Å². The molecule has 2 rings (SSSR count). The zero-order valence-electron chi connectivity index (χ0n) is 12.5. The van der Waals surface area contributed by atoms with Crippen LogP contribution in [0.15, 0.2) is 17.2 Å². The molecule has 0 aromatic carbocycles. The average Bonchev–Trinajstić information content (AvgIpc) is 2.68. The van der Waals surface area contributed by atoms with Crippen molar-refractivity contribution in [3.8, 4) is 0 Å². The van der Waals surface area contributed by atoms with Crippen molar-refractivity contribution in [3.63, 3.8) is 0 Å². The van der Waals surface area contributed by atoms with Crippen LogP contribution in [0, 0.1) is 0 Å². The summed E-state index contributed by atoms with van der Waals surface area (Å²) in [5.41, 5.74) is 5.92. The molecule has 0 saturated carbocycles. The lowest BCUT2D eigenvalue weighted by Crippen LogP contribution is -2.53. The number of morpholine rings is 1. The van der Waals surface area contributed by atoms with Gasteiger partial charge >= 0.3 is 0 Å². The molecule has 0 aliphatic carbocycles. The van der Waals surface area contributed by atoms with E-state index in [9.17, 15) is 8.42 Å². The van der Waals surface area contributed by atoms with Gasteiger partial charge in [0.25, 0.3) is 0 Å². The molecule has 1 aromatic rings. The van der Waals surface area contributed by atoms with E-state index in [2.05, 4.69) is 0 Å². The first-order chi connectivity index (χ1) is 9.15. The standard InChI is InChI=1S/C13H23N3O3S/c1-10-7-16(9-13(2,3)19-10)20(17,18)12-5-11(6-14)15(4)8-12/h5,8,10H,6-7,9,14H2,1-4H3. The van der Waals surface area contributed by atoms with Crippen molar-refractivity contribution in [1.29, 1.82) is 0 Å². The summed E-state index contributed by atoms with van der Waals surface area (Å²) in [7, 11) is -1.70. The van der Waals surface area contributed by atoms with Crippen molar-refractivity contribution >= 4 is 10.0 Å². The van der Waals surface area contributed by atoms with E-state index in [1.54, 1.807) is 23.9 Å². The molecule has 20 heavy (non-hydrogen) atoms. The van der Waals surface area contributed by atoms with Gasteiger partial charge in [0.2, 0.25) is 10.0 Å². The molecular formula is C13H23N3O3S. The summed E-state index contributed by atoms with van der Waals surface area (Å²) in [5, 5.41) is 0. The van der Waals surface area contributed by atoms with Crippen LogP contribution in [-0.4, -0.2) is 42.1 Å². The van der Waals surface area contributed by atoms with Crippen LogP contribution in [0.25, 0.3) is 0 Å². The van der Waals surface area contributed by atoms with Crippen LogP contribution in [0.3, 0.4) is 0 Å². The van der Waals surface area contributed by atoms with Crippen molar-refractivity contribution in [2.75, 3.05) is 13.1 Å². The normalized spacial score (nSPS) is 23.9. The van der Waals surface area contributed by atoms with Gasteiger partial charge in [-0.05, 0) is 26.8 Å². The molecule has 1 aliphatic heterocycles. The Kier molecular flexibility index (Phi) is 3.98. The van der Waals surface area contributed by atoms with Gasteiger partial charge in [0, 0.05) is 38.6 Å². The lowest BCUT2D eigenvalue weighted by atomic mass is 10.1. The maximum atomic E-state index is 12.7. The molecule has 1 atom stereocenters. The highest BCUT2D eigenvalue weighted by atomic mass is 32.2. The first kappa shape index (κ1) is 15.5. The fourth-order valence-electron chi connectivity index (χ4n) is 2.65. The summed E-state index contributed by atoms with van der Waals surface area (Å²) in [6, 6.07) is 1.64. The van der Waals surface area contributed by atoms with Crippen molar-refractivity contribution in [2.24, 2.45) is 12.8 Å². The van der Waals surface area contributed by atoms with Crippen LogP contribution < -0.4 is 5.73 Å². The molecule has 0 amide bonds. The molecule has 1 aromatic heterocycles. The van der Waals surface area contributed by atoms with E-state index in [1.807, 2.05) is 20.8 Å². The Morgan fingerprint density at radius 3 is 2.65 bits per heavy atom. The highest BCUT2D eigenvalue weighted by Crippen LogP contribution is 2.27. The number of nitrogens with zero attached hydrogens (tertiary/aromatic N) is 2. The van der Waals surface area contributed by atoms with E-state index < -0.39 is 15.6 Å². The van der Waals surface area contributed by atoms with E-state index in [0.717, 1.165) is 5.69 Å². The van der Waals surface area contributed by atoms with E-state index in [1.165, 1.54) is 4.31 Å². The second-order valence-electron chi connectivity index (χ2n) is 5.97. The Balaban J connectivity index is 2.34. The minimum absolute atomic E-state index is 0.119. The lowest BCUT2D eigenvalue weighted by molar-refractivity contribution is -0.109. The van der Waals surface area contributed by atoms with Gasteiger partial charge in [0.1, 0.15) is 4.90 Å². The van der Waals surface area contributed by atoms with Crippen molar-refractivity contribution in [3.05, 3.63) is 18.0 Å². The maximum absolute atomic E-state index is 12.7. The summed E-state index contributed by atoms with van der Waals surface area (Å²) >= 11 is 0. The summed E-state index contributed by atoms with van der Waals surface area (Å²) in [4.78, 5) is 0.297. The highest BCUT2D eigenvalue weighted by molar-refractivity contribution is 7.89. The third-order valence-corrected chi connectivity index (χ3v) is 5.24. The molecule has 0 bridgehead atoms. The van der Waals surface area contributed by atoms with Gasteiger partial charge in [0.15, 0.2) is 0 Å². The fourth-order valence-corrected chi connectivity index (χ4v) is 4.41. The van der Waals surface area contributed by atoms with Crippen LogP contribution in [0.4, 0.5) is 0 Å². The Hall–Kier alpha value is -0.890. The molecule has 2 heterocycles. The third kappa shape index (κ3) is 2.90. The Morgan fingerprint density at radius 2 is 2.15 bits per heavy atom. The first-order valence-corrected chi connectivity index (χ1v) is 8.13. The molecule has 1 unspecified atom stereocenters. The van der Waals surface area contributed by atoms with Gasteiger partial charge in [0.05, 0.1) is 11.7 Å². The lowest BCUT2D eigenvalue weighted by Gasteiger charge is -2.40. The van der Waals surface area contributed by atoms with Gasteiger partial charge < -0.3 is 15.0 Å². The quantitative estimate of drug-likeness (QED) is 0.890. The minimum atomic E-state index is -3.50. The summed E-state index contributed by atoms with van der Waals surface area (Å²) < 4.78 is 34.4. The van der Waals surface area contributed by atoms with Crippen LogP contribution >= 0.6 is 0 Å².